The molecular formula is C24H30N2O7. The Morgan fingerprint density at radius 3 is 1.70 bits per heavy atom. The van der Waals surface area contributed by atoms with Crippen LogP contribution in [0, 0.1) is 0 Å². The van der Waals surface area contributed by atoms with Crippen molar-refractivity contribution in [3.05, 3.63) is 58.7 Å². The van der Waals surface area contributed by atoms with Crippen LogP contribution in [0.15, 0.2) is 36.4 Å². The zero-order chi connectivity index (χ0) is 24.4. The van der Waals surface area contributed by atoms with Crippen LogP contribution in [0.1, 0.15) is 57.5 Å². The van der Waals surface area contributed by atoms with E-state index < -0.39 is 11.9 Å². The monoisotopic (exact) mass is 458 g/mol. The molecule has 0 aromatic heterocycles. The number of carbonyl (C=O) groups excluding carboxylic acids is 3. The molecule has 9 heteroatoms. The first-order valence-corrected chi connectivity index (χ1v) is 10.6. The van der Waals surface area contributed by atoms with Crippen molar-refractivity contribution in [2.24, 2.45) is 5.73 Å². The minimum absolute atomic E-state index is 0.0317. The lowest BCUT2D eigenvalue weighted by atomic mass is 10.1. The second-order valence-corrected chi connectivity index (χ2v) is 7.54. The Morgan fingerprint density at radius 2 is 1.30 bits per heavy atom. The SMILES string of the molecule is COC(=O)c1ccc(CN(Cc2ccc(C(=O)OC)c(O)c2)C(=O)CCCCCN)cc1O. The molecule has 0 bridgehead atoms. The molecular weight excluding hydrogens is 428 g/mol. The number of benzene rings is 2. The highest BCUT2D eigenvalue weighted by molar-refractivity contribution is 5.93. The topological polar surface area (TPSA) is 139 Å². The fourth-order valence-electron chi connectivity index (χ4n) is 3.34. The molecule has 0 spiro atoms. The third kappa shape index (κ3) is 7.21. The van der Waals surface area contributed by atoms with E-state index in [-0.39, 0.29) is 41.6 Å². The van der Waals surface area contributed by atoms with Gasteiger partial charge in [-0.15, -0.1) is 0 Å². The van der Waals surface area contributed by atoms with Crippen LogP contribution in [-0.2, 0) is 27.4 Å². The van der Waals surface area contributed by atoms with Crippen LogP contribution >= 0.6 is 0 Å². The standard InChI is InChI=1S/C24H30N2O7/c1-32-23(30)18-9-7-16(12-20(18)27)14-26(22(29)6-4-3-5-11-25)15-17-8-10-19(21(28)13-17)24(31)33-2/h7-10,12-13,27-28H,3-6,11,14-15,25H2,1-2H3. The van der Waals surface area contributed by atoms with Crippen molar-refractivity contribution < 1.29 is 34.1 Å². The molecule has 9 nitrogen and oxygen atoms in total. The molecule has 4 N–H and O–H groups in total. The second-order valence-electron chi connectivity index (χ2n) is 7.54. The number of methoxy groups -OCH3 is 2. The van der Waals surface area contributed by atoms with E-state index in [0.29, 0.717) is 30.5 Å². The number of phenolic OH excluding ortho intramolecular Hbond substituents is 2. The summed E-state index contributed by atoms with van der Waals surface area (Å²) in [6.45, 7) is 0.907. The summed E-state index contributed by atoms with van der Waals surface area (Å²) >= 11 is 0. The second kappa shape index (κ2) is 12.4. The normalized spacial score (nSPS) is 10.5. The first kappa shape index (κ1) is 25.7. The van der Waals surface area contributed by atoms with Gasteiger partial charge in [0, 0.05) is 19.5 Å². The Kier molecular flexibility index (Phi) is 9.68. The molecule has 0 radical (unpaired) electrons. The molecule has 178 valence electrons. The third-order valence-electron chi connectivity index (χ3n) is 5.13. The smallest absolute Gasteiger partial charge is 0.341 e. The van der Waals surface area contributed by atoms with Gasteiger partial charge in [-0.05, 0) is 54.8 Å². The number of hydrogen-bond acceptors (Lipinski definition) is 8. The summed E-state index contributed by atoms with van der Waals surface area (Å²) in [4.78, 5) is 37.9. The van der Waals surface area contributed by atoms with Gasteiger partial charge in [-0.1, -0.05) is 18.6 Å². The lowest BCUT2D eigenvalue weighted by Gasteiger charge is -2.24. The molecule has 2 rings (SSSR count). The van der Waals surface area contributed by atoms with Crippen LogP contribution in [0.5, 0.6) is 11.5 Å². The van der Waals surface area contributed by atoms with Gasteiger partial charge in [0.1, 0.15) is 22.6 Å². The lowest BCUT2D eigenvalue weighted by molar-refractivity contribution is -0.132. The molecule has 2 aromatic carbocycles. The number of nitrogens with two attached hydrogens (primary N) is 1. The van der Waals surface area contributed by atoms with Crippen LogP contribution in [0.4, 0.5) is 0 Å². The van der Waals surface area contributed by atoms with Gasteiger partial charge in [0.05, 0.1) is 14.2 Å². The summed E-state index contributed by atoms with van der Waals surface area (Å²) < 4.78 is 9.27. The van der Waals surface area contributed by atoms with E-state index in [1.165, 1.54) is 38.5 Å². The maximum atomic E-state index is 12.9. The predicted octanol–water partition coefficient (Wildman–Crippen LogP) is 2.72. The minimum Gasteiger partial charge on any atom is -0.507 e. The van der Waals surface area contributed by atoms with Crippen LogP contribution < -0.4 is 5.73 Å². The average Bonchev–Trinajstić information content (AvgIpc) is 2.80. The maximum Gasteiger partial charge on any atom is 0.341 e. The summed E-state index contributed by atoms with van der Waals surface area (Å²) in [6.07, 6.45) is 2.67. The van der Waals surface area contributed by atoms with Crippen molar-refractivity contribution in [2.75, 3.05) is 20.8 Å². The average molecular weight is 459 g/mol. The summed E-state index contributed by atoms with van der Waals surface area (Å²) in [6, 6.07) is 8.99. The van der Waals surface area contributed by atoms with Gasteiger partial charge in [0.15, 0.2) is 0 Å². The number of hydrogen-bond donors (Lipinski definition) is 3. The molecule has 33 heavy (non-hydrogen) atoms. The third-order valence-corrected chi connectivity index (χ3v) is 5.13. The summed E-state index contributed by atoms with van der Waals surface area (Å²) in [5.41, 5.74) is 6.81. The van der Waals surface area contributed by atoms with Gasteiger partial charge in [-0.2, -0.15) is 0 Å². The molecule has 2 aromatic rings. The van der Waals surface area contributed by atoms with Gasteiger partial charge in [-0.25, -0.2) is 9.59 Å². The van der Waals surface area contributed by atoms with Crippen molar-refractivity contribution in [3.8, 4) is 11.5 Å². The van der Waals surface area contributed by atoms with Crippen LogP contribution in [-0.4, -0.2) is 53.7 Å². The van der Waals surface area contributed by atoms with Crippen molar-refractivity contribution in [1.82, 2.24) is 4.90 Å². The molecule has 0 atom stereocenters. The first-order valence-electron chi connectivity index (χ1n) is 10.6. The van der Waals surface area contributed by atoms with Gasteiger partial charge >= 0.3 is 11.9 Å². The number of aromatic hydroxyl groups is 2. The fourth-order valence-corrected chi connectivity index (χ4v) is 3.34. The van der Waals surface area contributed by atoms with E-state index in [1.54, 1.807) is 17.0 Å². The Balaban J connectivity index is 2.24. The van der Waals surface area contributed by atoms with Crippen molar-refractivity contribution in [2.45, 2.75) is 38.8 Å². The highest BCUT2D eigenvalue weighted by Gasteiger charge is 2.19. The number of ether oxygens (including phenoxy) is 2. The Bertz CT molecular complexity index is 923. The lowest BCUT2D eigenvalue weighted by Crippen LogP contribution is -2.30. The van der Waals surface area contributed by atoms with E-state index in [0.717, 1.165) is 12.8 Å². The van der Waals surface area contributed by atoms with Crippen molar-refractivity contribution in [3.63, 3.8) is 0 Å². The van der Waals surface area contributed by atoms with E-state index in [2.05, 4.69) is 9.47 Å². The molecule has 0 aliphatic heterocycles. The number of carbonyl (C=O) groups is 3. The van der Waals surface area contributed by atoms with Crippen LogP contribution in [0.2, 0.25) is 0 Å². The molecule has 1 amide bonds. The Morgan fingerprint density at radius 1 is 0.818 bits per heavy atom. The maximum absolute atomic E-state index is 12.9. The summed E-state index contributed by atoms with van der Waals surface area (Å²) in [5.74, 6) is -1.91. The Labute approximate surface area is 192 Å². The first-order chi connectivity index (χ1) is 15.8. The van der Waals surface area contributed by atoms with Crippen LogP contribution in [0.25, 0.3) is 0 Å². The quantitative estimate of drug-likeness (QED) is 0.345. The van der Waals surface area contributed by atoms with E-state index in [1.807, 2.05) is 0 Å². The zero-order valence-electron chi connectivity index (χ0n) is 18.9. The van der Waals surface area contributed by atoms with Gasteiger partial charge in [0.25, 0.3) is 0 Å². The molecule has 0 fully saturated rings. The number of rotatable bonds is 11. The fraction of sp³-hybridized carbons (Fsp3) is 0.375. The van der Waals surface area contributed by atoms with Gasteiger partial charge in [-0.3, -0.25) is 4.79 Å². The zero-order valence-corrected chi connectivity index (χ0v) is 18.9. The number of esters is 2. The Hall–Kier alpha value is -3.59. The predicted molar refractivity (Wildman–Crippen MR) is 121 cm³/mol. The molecule has 0 unspecified atom stereocenters. The van der Waals surface area contributed by atoms with Crippen molar-refractivity contribution >= 4 is 17.8 Å². The highest BCUT2D eigenvalue weighted by atomic mass is 16.5. The molecule has 0 aliphatic carbocycles. The molecule has 0 saturated heterocycles. The number of nitrogens with zero attached hydrogens (tertiary/aromatic N) is 1. The van der Waals surface area contributed by atoms with E-state index in [9.17, 15) is 24.6 Å². The highest BCUT2D eigenvalue weighted by Crippen LogP contribution is 2.24. The molecule has 0 aliphatic rings. The minimum atomic E-state index is -0.659. The van der Waals surface area contributed by atoms with Gasteiger partial charge < -0.3 is 30.3 Å². The van der Waals surface area contributed by atoms with E-state index in [4.69, 9.17) is 5.73 Å². The molecule has 0 saturated carbocycles. The van der Waals surface area contributed by atoms with Crippen LogP contribution in [0.3, 0.4) is 0 Å². The van der Waals surface area contributed by atoms with Gasteiger partial charge in [0.2, 0.25) is 5.91 Å². The number of unbranched alkanes of at least 4 members (excludes halogenated alkanes) is 2. The van der Waals surface area contributed by atoms with Crippen molar-refractivity contribution in [1.29, 1.82) is 0 Å². The summed E-state index contributed by atoms with van der Waals surface area (Å²) in [5, 5.41) is 20.4. The number of amides is 1. The van der Waals surface area contributed by atoms with E-state index >= 15 is 0 Å². The number of phenols is 2. The largest absolute Gasteiger partial charge is 0.507 e. The molecule has 0 heterocycles. The summed E-state index contributed by atoms with van der Waals surface area (Å²) in [7, 11) is 2.45.